The summed E-state index contributed by atoms with van der Waals surface area (Å²) in [4.78, 5) is 25.9. The van der Waals surface area contributed by atoms with E-state index in [1.807, 2.05) is 0 Å². The molecule has 3 rings (SSSR count). The molecule has 0 fully saturated rings. The quantitative estimate of drug-likeness (QED) is 0.601. The lowest BCUT2D eigenvalue weighted by molar-refractivity contribution is -0.131. The third-order valence-electron chi connectivity index (χ3n) is 4.39. The number of amides is 2. The Balaban J connectivity index is 1.73. The molecule has 2 heterocycles. The van der Waals surface area contributed by atoms with Gasteiger partial charge < -0.3 is 25.2 Å². The van der Waals surface area contributed by atoms with Crippen LogP contribution in [0.1, 0.15) is 32.0 Å². The topological polar surface area (TPSA) is 128 Å². The number of aromatic nitrogens is 2. The van der Waals surface area contributed by atoms with Crippen molar-refractivity contribution < 1.29 is 24.5 Å². The van der Waals surface area contributed by atoms with E-state index in [2.05, 4.69) is 15.5 Å². The van der Waals surface area contributed by atoms with Crippen LogP contribution in [0.15, 0.2) is 12.1 Å². The molecule has 0 unspecified atom stereocenters. The average molecular weight is 423 g/mol. The van der Waals surface area contributed by atoms with Gasteiger partial charge in [-0.3, -0.25) is 9.89 Å². The van der Waals surface area contributed by atoms with Crippen LogP contribution < -0.4 is 5.32 Å². The Labute approximate surface area is 172 Å². The number of fused-ring (bicyclic) bond motifs is 1. The van der Waals surface area contributed by atoms with E-state index in [0.717, 1.165) is 17.3 Å². The Hall–Kier alpha value is -2.94. The highest BCUT2D eigenvalue weighted by Crippen LogP contribution is 2.39. The third-order valence-corrected chi connectivity index (χ3v) is 4.69. The fourth-order valence-electron chi connectivity index (χ4n) is 3.05. The molecule has 0 radical (unpaired) electrons. The number of alkyl carbamates (subject to hydrolysis) is 1. The molecule has 29 heavy (non-hydrogen) atoms. The van der Waals surface area contributed by atoms with E-state index in [9.17, 15) is 19.8 Å². The molecule has 0 saturated carbocycles. The zero-order valence-electron chi connectivity index (χ0n) is 16.4. The van der Waals surface area contributed by atoms with Gasteiger partial charge in [-0.2, -0.15) is 5.10 Å². The van der Waals surface area contributed by atoms with E-state index in [1.54, 1.807) is 25.7 Å². The van der Waals surface area contributed by atoms with Crippen molar-refractivity contribution in [2.45, 2.75) is 39.3 Å². The predicted octanol–water partition coefficient (Wildman–Crippen LogP) is 2.55. The molecular formula is C19H23ClN4O5. The minimum Gasteiger partial charge on any atom is -0.507 e. The van der Waals surface area contributed by atoms with Gasteiger partial charge in [0.2, 0.25) is 5.91 Å². The number of nitrogens with zero attached hydrogens (tertiary/aromatic N) is 2. The molecule has 1 aromatic heterocycles. The largest absolute Gasteiger partial charge is 0.507 e. The van der Waals surface area contributed by atoms with Gasteiger partial charge in [0.25, 0.3) is 0 Å². The molecule has 0 aliphatic carbocycles. The van der Waals surface area contributed by atoms with Crippen LogP contribution in [0.3, 0.4) is 0 Å². The highest BCUT2D eigenvalue weighted by Gasteiger charge is 2.27. The third kappa shape index (κ3) is 4.73. The number of rotatable bonds is 3. The van der Waals surface area contributed by atoms with Crippen molar-refractivity contribution in [3.63, 3.8) is 0 Å². The van der Waals surface area contributed by atoms with E-state index >= 15 is 0 Å². The molecule has 10 heteroatoms. The first-order valence-corrected chi connectivity index (χ1v) is 9.45. The lowest BCUT2D eigenvalue weighted by Crippen LogP contribution is -2.43. The average Bonchev–Trinajstić information content (AvgIpc) is 3.04. The first-order chi connectivity index (χ1) is 13.5. The molecule has 9 nitrogen and oxygen atoms in total. The highest BCUT2D eigenvalue weighted by atomic mass is 35.5. The van der Waals surface area contributed by atoms with E-state index in [4.69, 9.17) is 16.3 Å². The highest BCUT2D eigenvalue weighted by molar-refractivity contribution is 6.32. The smallest absolute Gasteiger partial charge is 0.408 e. The van der Waals surface area contributed by atoms with Crippen LogP contribution in [0.2, 0.25) is 5.02 Å². The summed E-state index contributed by atoms with van der Waals surface area (Å²) in [7, 11) is 0. The van der Waals surface area contributed by atoms with E-state index < -0.39 is 11.7 Å². The van der Waals surface area contributed by atoms with Crippen molar-refractivity contribution in [3.05, 3.63) is 28.4 Å². The predicted molar refractivity (Wildman–Crippen MR) is 106 cm³/mol. The van der Waals surface area contributed by atoms with E-state index in [0.29, 0.717) is 24.2 Å². The lowest BCUT2D eigenvalue weighted by Gasteiger charge is -2.27. The number of benzene rings is 1. The van der Waals surface area contributed by atoms with Crippen molar-refractivity contribution >= 4 is 23.6 Å². The molecule has 4 N–H and O–H groups in total. The second-order valence-electron chi connectivity index (χ2n) is 7.77. The summed E-state index contributed by atoms with van der Waals surface area (Å²) in [6.45, 7) is 5.75. The van der Waals surface area contributed by atoms with Crippen LogP contribution in [0.25, 0.3) is 11.3 Å². The SMILES string of the molecule is CC(C)(C)OC(=O)NCC(=O)N1CCc2n[nH]c(-c3cc(Cl)c(O)cc3O)c2C1. The minimum atomic E-state index is -0.656. The Kier molecular flexibility index (Phi) is 5.61. The van der Waals surface area contributed by atoms with Gasteiger partial charge in [-0.25, -0.2) is 4.79 Å². The minimum absolute atomic E-state index is 0.0893. The number of carbonyl (C=O) groups is 2. The maximum Gasteiger partial charge on any atom is 0.408 e. The summed E-state index contributed by atoms with van der Waals surface area (Å²) in [5.41, 5.74) is 1.79. The van der Waals surface area contributed by atoms with Crippen molar-refractivity contribution in [2.75, 3.05) is 13.1 Å². The van der Waals surface area contributed by atoms with Crippen molar-refractivity contribution in [1.29, 1.82) is 0 Å². The summed E-state index contributed by atoms with van der Waals surface area (Å²) in [5.74, 6) is -0.652. The molecule has 1 aliphatic rings. The van der Waals surface area contributed by atoms with Gasteiger partial charge in [-0.15, -0.1) is 0 Å². The van der Waals surface area contributed by atoms with Gasteiger partial charge in [0, 0.05) is 36.7 Å². The summed E-state index contributed by atoms with van der Waals surface area (Å²) in [5, 5.41) is 29.5. The summed E-state index contributed by atoms with van der Waals surface area (Å²) in [6, 6.07) is 2.59. The molecule has 1 aliphatic heterocycles. The fourth-order valence-corrected chi connectivity index (χ4v) is 3.21. The van der Waals surface area contributed by atoms with Gasteiger partial charge >= 0.3 is 6.09 Å². The van der Waals surface area contributed by atoms with Gasteiger partial charge in [-0.1, -0.05) is 11.6 Å². The Bertz CT molecular complexity index is 951. The number of hydrogen-bond acceptors (Lipinski definition) is 6. The first-order valence-electron chi connectivity index (χ1n) is 9.07. The molecule has 156 valence electrons. The summed E-state index contributed by atoms with van der Waals surface area (Å²) in [6.07, 6.45) is -0.132. The molecule has 2 amide bonds. The molecule has 2 aromatic rings. The van der Waals surface area contributed by atoms with Gasteiger partial charge in [0.15, 0.2) is 0 Å². The van der Waals surface area contributed by atoms with Crippen LogP contribution in [0.5, 0.6) is 11.5 Å². The van der Waals surface area contributed by atoms with Crippen molar-refractivity contribution in [1.82, 2.24) is 20.4 Å². The number of nitrogens with one attached hydrogen (secondary N) is 2. The van der Waals surface area contributed by atoms with Crippen molar-refractivity contribution in [3.8, 4) is 22.8 Å². The molecular weight excluding hydrogens is 400 g/mol. The zero-order valence-corrected chi connectivity index (χ0v) is 17.1. The number of phenols is 2. The Morgan fingerprint density at radius 1 is 1.31 bits per heavy atom. The number of ether oxygens (including phenoxy) is 1. The second kappa shape index (κ2) is 7.82. The van der Waals surface area contributed by atoms with Crippen LogP contribution in [-0.4, -0.2) is 56.0 Å². The summed E-state index contributed by atoms with van der Waals surface area (Å²) < 4.78 is 5.13. The van der Waals surface area contributed by atoms with Crippen molar-refractivity contribution in [2.24, 2.45) is 0 Å². The molecule has 1 aromatic carbocycles. The van der Waals surface area contributed by atoms with Crippen LogP contribution in [0.4, 0.5) is 4.79 Å². The molecule has 0 spiro atoms. The molecule has 0 atom stereocenters. The Morgan fingerprint density at radius 2 is 2.03 bits per heavy atom. The molecule has 0 saturated heterocycles. The maximum atomic E-state index is 12.5. The first kappa shape index (κ1) is 20.8. The number of H-pyrrole nitrogens is 1. The van der Waals surface area contributed by atoms with Crippen LogP contribution in [-0.2, 0) is 22.5 Å². The Morgan fingerprint density at radius 3 is 2.72 bits per heavy atom. The number of aromatic hydroxyl groups is 2. The number of hydrogen-bond donors (Lipinski definition) is 4. The maximum absolute atomic E-state index is 12.5. The standard InChI is InChI=1S/C19H23ClN4O5/c1-19(2,3)29-18(28)21-8-16(27)24-5-4-13-11(9-24)17(23-22-13)10-6-12(20)15(26)7-14(10)25/h6-7,25-26H,4-5,8-9H2,1-3H3,(H,21,28)(H,22,23). The van der Waals surface area contributed by atoms with Gasteiger partial charge in [0.1, 0.15) is 23.6 Å². The normalized spacial score (nSPS) is 13.7. The molecule has 0 bridgehead atoms. The van der Waals surface area contributed by atoms with Crippen LogP contribution >= 0.6 is 11.6 Å². The number of phenolic OH excluding ortho intramolecular Hbond substituents is 2. The van der Waals surface area contributed by atoms with E-state index in [1.165, 1.54) is 6.07 Å². The second-order valence-corrected chi connectivity index (χ2v) is 8.17. The van der Waals surface area contributed by atoms with Crippen LogP contribution in [0, 0.1) is 0 Å². The lowest BCUT2D eigenvalue weighted by atomic mass is 10.00. The van der Waals surface area contributed by atoms with E-state index in [-0.39, 0.29) is 35.5 Å². The number of aromatic amines is 1. The van der Waals surface area contributed by atoms with Gasteiger partial charge in [-0.05, 0) is 26.8 Å². The monoisotopic (exact) mass is 422 g/mol. The van der Waals surface area contributed by atoms with Gasteiger partial charge in [0.05, 0.1) is 16.4 Å². The zero-order chi connectivity index (χ0) is 21.3. The summed E-state index contributed by atoms with van der Waals surface area (Å²) >= 11 is 5.97. The number of halogens is 1. The fraction of sp³-hybridized carbons (Fsp3) is 0.421. The number of carbonyl (C=O) groups excluding carboxylic acids is 2.